The molecule has 94 valence electrons. The van der Waals surface area contributed by atoms with Crippen molar-refractivity contribution < 1.29 is 9.90 Å². The molecule has 1 aliphatic rings. The number of aryl methyl sites for hydroxylation is 1. The summed E-state index contributed by atoms with van der Waals surface area (Å²) in [6, 6.07) is 2.36. The number of aromatic carboxylic acids is 1. The minimum absolute atomic E-state index is 0.127. The van der Waals surface area contributed by atoms with Crippen molar-refractivity contribution in [1.29, 1.82) is 0 Å². The SMILES string of the molecule is O=C(O)c1ncsc1NC1CCCc2sccc21. The molecule has 2 aromatic heterocycles. The maximum absolute atomic E-state index is 11.0. The van der Waals surface area contributed by atoms with Crippen LogP contribution in [-0.2, 0) is 6.42 Å². The molecular weight excluding hydrogens is 268 g/mol. The van der Waals surface area contributed by atoms with Gasteiger partial charge in [0.15, 0.2) is 5.69 Å². The van der Waals surface area contributed by atoms with E-state index in [2.05, 4.69) is 21.7 Å². The molecule has 0 spiro atoms. The highest BCUT2D eigenvalue weighted by Gasteiger charge is 2.23. The molecule has 0 bridgehead atoms. The van der Waals surface area contributed by atoms with Gasteiger partial charge in [-0.2, -0.15) is 0 Å². The number of aromatic nitrogens is 1. The summed E-state index contributed by atoms with van der Waals surface area (Å²) < 4.78 is 0. The van der Waals surface area contributed by atoms with E-state index in [1.165, 1.54) is 21.8 Å². The number of anilines is 1. The Labute approximate surface area is 112 Å². The number of fused-ring (bicyclic) bond motifs is 1. The summed E-state index contributed by atoms with van der Waals surface area (Å²) in [5.74, 6) is -0.972. The lowest BCUT2D eigenvalue weighted by atomic mass is 9.94. The van der Waals surface area contributed by atoms with Crippen LogP contribution in [0.1, 0.15) is 39.8 Å². The largest absolute Gasteiger partial charge is 0.476 e. The molecule has 0 amide bonds. The van der Waals surface area contributed by atoms with Gasteiger partial charge in [-0.3, -0.25) is 0 Å². The van der Waals surface area contributed by atoms with Gasteiger partial charge in [0.2, 0.25) is 0 Å². The molecule has 1 atom stereocenters. The van der Waals surface area contributed by atoms with Crippen LogP contribution >= 0.6 is 22.7 Å². The molecular formula is C12H12N2O2S2. The average molecular weight is 280 g/mol. The molecule has 0 radical (unpaired) electrons. The van der Waals surface area contributed by atoms with Gasteiger partial charge in [-0.05, 0) is 36.3 Å². The molecule has 6 heteroatoms. The second-order valence-electron chi connectivity index (χ2n) is 4.22. The zero-order chi connectivity index (χ0) is 12.5. The van der Waals surface area contributed by atoms with Crippen LogP contribution in [0.2, 0.25) is 0 Å². The summed E-state index contributed by atoms with van der Waals surface area (Å²) >= 11 is 3.13. The second-order valence-corrected chi connectivity index (χ2v) is 6.08. The molecule has 18 heavy (non-hydrogen) atoms. The minimum atomic E-state index is -0.972. The maximum Gasteiger partial charge on any atom is 0.357 e. The zero-order valence-corrected chi connectivity index (χ0v) is 11.2. The zero-order valence-electron chi connectivity index (χ0n) is 9.55. The number of rotatable bonds is 3. The first kappa shape index (κ1) is 11.7. The lowest BCUT2D eigenvalue weighted by Crippen LogP contribution is -2.16. The highest BCUT2D eigenvalue weighted by atomic mass is 32.1. The van der Waals surface area contributed by atoms with Crippen LogP contribution in [0, 0.1) is 0 Å². The third kappa shape index (κ3) is 2.02. The number of carboxylic acid groups (broad SMARTS) is 1. The Morgan fingerprint density at radius 3 is 3.22 bits per heavy atom. The maximum atomic E-state index is 11.0. The molecule has 0 saturated carbocycles. The number of nitrogens with one attached hydrogen (secondary N) is 1. The summed E-state index contributed by atoms with van der Waals surface area (Å²) in [4.78, 5) is 16.3. The van der Waals surface area contributed by atoms with Crippen molar-refractivity contribution in [3.05, 3.63) is 33.1 Å². The van der Waals surface area contributed by atoms with Gasteiger partial charge in [0.05, 0.1) is 11.6 Å². The fourth-order valence-electron chi connectivity index (χ4n) is 2.30. The van der Waals surface area contributed by atoms with Crippen molar-refractivity contribution in [3.63, 3.8) is 0 Å². The lowest BCUT2D eigenvalue weighted by Gasteiger charge is -2.24. The van der Waals surface area contributed by atoms with Gasteiger partial charge >= 0.3 is 5.97 Å². The Hall–Kier alpha value is -1.40. The van der Waals surface area contributed by atoms with Crippen molar-refractivity contribution in [2.45, 2.75) is 25.3 Å². The van der Waals surface area contributed by atoms with Crippen molar-refractivity contribution in [3.8, 4) is 0 Å². The summed E-state index contributed by atoms with van der Waals surface area (Å²) in [5.41, 5.74) is 3.02. The predicted molar refractivity (Wildman–Crippen MR) is 72.7 cm³/mol. The molecule has 2 N–H and O–H groups in total. The van der Waals surface area contributed by atoms with Gasteiger partial charge in [-0.25, -0.2) is 9.78 Å². The number of hydrogen-bond acceptors (Lipinski definition) is 5. The Kier molecular flexibility index (Phi) is 3.05. The Morgan fingerprint density at radius 2 is 2.39 bits per heavy atom. The summed E-state index contributed by atoms with van der Waals surface area (Å²) in [7, 11) is 0. The highest BCUT2D eigenvalue weighted by Crippen LogP contribution is 2.36. The van der Waals surface area contributed by atoms with Crippen molar-refractivity contribution in [2.24, 2.45) is 0 Å². The van der Waals surface area contributed by atoms with Crippen LogP contribution < -0.4 is 5.32 Å². The van der Waals surface area contributed by atoms with E-state index in [0.717, 1.165) is 19.3 Å². The van der Waals surface area contributed by atoms with Gasteiger partial charge in [0.1, 0.15) is 5.00 Å². The summed E-state index contributed by atoms with van der Waals surface area (Å²) in [6.07, 6.45) is 3.33. The van der Waals surface area contributed by atoms with Gasteiger partial charge in [-0.1, -0.05) is 0 Å². The van der Waals surface area contributed by atoms with Crippen LogP contribution in [0.3, 0.4) is 0 Å². The molecule has 3 rings (SSSR count). The predicted octanol–water partition coefficient (Wildman–Crippen LogP) is 3.39. The Bertz CT molecular complexity index is 576. The Morgan fingerprint density at radius 1 is 1.50 bits per heavy atom. The van der Waals surface area contributed by atoms with Gasteiger partial charge in [0, 0.05) is 4.88 Å². The van der Waals surface area contributed by atoms with E-state index in [1.807, 2.05) is 0 Å². The van der Waals surface area contributed by atoms with E-state index in [9.17, 15) is 4.79 Å². The second kappa shape index (κ2) is 4.70. The first-order valence-corrected chi connectivity index (χ1v) is 7.51. The van der Waals surface area contributed by atoms with E-state index < -0.39 is 5.97 Å². The average Bonchev–Trinajstić information content (AvgIpc) is 2.96. The molecule has 2 aromatic rings. The Balaban J connectivity index is 1.86. The number of carbonyl (C=O) groups is 1. The van der Waals surface area contributed by atoms with Crippen LogP contribution in [0.25, 0.3) is 0 Å². The van der Waals surface area contributed by atoms with Crippen LogP contribution in [-0.4, -0.2) is 16.1 Å². The summed E-state index contributed by atoms with van der Waals surface area (Å²) in [5, 5.41) is 15.1. The van der Waals surface area contributed by atoms with Gasteiger partial charge in [0.25, 0.3) is 0 Å². The molecule has 4 nitrogen and oxygen atoms in total. The third-order valence-electron chi connectivity index (χ3n) is 3.13. The van der Waals surface area contributed by atoms with Gasteiger partial charge in [-0.15, -0.1) is 22.7 Å². The normalized spacial score (nSPS) is 18.3. The summed E-state index contributed by atoms with van der Waals surface area (Å²) in [6.45, 7) is 0. The topological polar surface area (TPSA) is 62.2 Å². The van der Waals surface area contributed by atoms with Crippen molar-refractivity contribution in [1.82, 2.24) is 4.98 Å². The quantitative estimate of drug-likeness (QED) is 0.904. The molecule has 0 aromatic carbocycles. The van der Waals surface area contributed by atoms with Crippen molar-refractivity contribution in [2.75, 3.05) is 5.32 Å². The minimum Gasteiger partial charge on any atom is -0.476 e. The molecule has 1 unspecified atom stereocenters. The standard InChI is InChI=1S/C12H12N2O2S2/c15-12(16)10-11(18-6-13-10)14-8-2-1-3-9-7(8)4-5-17-9/h4-6,8,14H,1-3H2,(H,15,16). The molecule has 0 aliphatic heterocycles. The van der Waals surface area contributed by atoms with E-state index >= 15 is 0 Å². The van der Waals surface area contributed by atoms with Gasteiger partial charge < -0.3 is 10.4 Å². The number of carboxylic acids is 1. The number of nitrogens with zero attached hydrogens (tertiary/aromatic N) is 1. The van der Waals surface area contributed by atoms with E-state index in [-0.39, 0.29) is 11.7 Å². The van der Waals surface area contributed by atoms with E-state index in [1.54, 1.807) is 16.8 Å². The molecule has 2 heterocycles. The smallest absolute Gasteiger partial charge is 0.357 e. The number of thiazole rings is 1. The molecule has 1 aliphatic carbocycles. The molecule has 0 fully saturated rings. The first-order valence-electron chi connectivity index (χ1n) is 5.75. The van der Waals surface area contributed by atoms with Crippen molar-refractivity contribution >= 4 is 33.6 Å². The van der Waals surface area contributed by atoms with Crippen LogP contribution in [0.5, 0.6) is 0 Å². The lowest BCUT2D eigenvalue weighted by molar-refractivity contribution is 0.0692. The van der Waals surface area contributed by atoms with E-state index in [0.29, 0.717) is 5.00 Å². The molecule has 0 saturated heterocycles. The highest BCUT2D eigenvalue weighted by molar-refractivity contribution is 7.14. The van der Waals surface area contributed by atoms with Crippen LogP contribution in [0.15, 0.2) is 17.0 Å². The fraction of sp³-hybridized carbons (Fsp3) is 0.333. The van der Waals surface area contributed by atoms with E-state index in [4.69, 9.17) is 5.11 Å². The van der Waals surface area contributed by atoms with Crippen LogP contribution in [0.4, 0.5) is 5.00 Å². The monoisotopic (exact) mass is 280 g/mol. The number of hydrogen-bond donors (Lipinski definition) is 2. The first-order chi connectivity index (χ1) is 8.75. The fourth-order valence-corrected chi connectivity index (χ4v) is 4.01. The number of thiophene rings is 1. The third-order valence-corrected chi connectivity index (χ3v) is 4.88.